The van der Waals surface area contributed by atoms with Crippen LogP contribution in [-0.4, -0.2) is 23.7 Å². The molecule has 4 nitrogen and oxygen atoms in total. The average molecular weight is 120 g/mol. The zero-order chi connectivity index (χ0) is 5.86. The highest BCUT2D eigenvalue weighted by Crippen LogP contribution is 1.68. The van der Waals surface area contributed by atoms with Crippen LogP contribution in [0.3, 0.4) is 0 Å². The van der Waals surface area contributed by atoms with Crippen molar-refractivity contribution in [2.24, 2.45) is 11.5 Å². The summed E-state index contributed by atoms with van der Waals surface area (Å²) in [7, 11) is 0. The Hall–Kier alpha value is -0.610. The molecule has 0 radical (unpaired) electrons. The molecule has 0 aliphatic rings. The fourth-order valence-corrected chi connectivity index (χ4v) is 0.101. The first-order valence-electron chi connectivity index (χ1n) is 1.87. The van der Waals surface area contributed by atoms with Crippen LogP contribution < -0.4 is 11.5 Å². The Morgan fingerprint density at radius 1 is 1.75 bits per heavy atom. The van der Waals surface area contributed by atoms with Gasteiger partial charge in [-0.3, -0.25) is 4.79 Å². The Labute approximate surface area is 48.5 Å². The maximum absolute atomic E-state index is 9.73. The highest BCUT2D eigenvalue weighted by Gasteiger charge is 2.05. The molecule has 1 atom stereocenters. The Morgan fingerprint density at radius 3 is 2.12 bits per heavy atom. The molecule has 0 rings (SSSR count). The molecule has 0 aliphatic heterocycles. The predicted octanol–water partition coefficient (Wildman–Crippen LogP) is -1.01. The van der Waals surface area contributed by atoms with Crippen LogP contribution in [0.1, 0.15) is 7.43 Å². The van der Waals surface area contributed by atoms with Crippen LogP contribution in [0.15, 0.2) is 0 Å². The smallest absolute Gasteiger partial charge is 0.321 e. The summed E-state index contributed by atoms with van der Waals surface area (Å²) in [5, 5.41) is 7.98. The van der Waals surface area contributed by atoms with Gasteiger partial charge < -0.3 is 16.6 Å². The molecule has 0 aromatic rings. The number of aliphatic carboxylic acids is 1. The Bertz CT molecular complexity index is 74.4. The maximum atomic E-state index is 9.73. The van der Waals surface area contributed by atoms with Gasteiger partial charge in [0, 0.05) is 6.54 Å². The molecule has 0 aliphatic carbocycles. The van der Waals surface area contributed by atoms with Crippen LogP contribution in [-0.2, 0) is 4.79 Å². The van der Waals surface area contributed by atoms with Gasteiger partial charge in [-0.2, -0.15) is 0 Å². The highest BCUT2D eigenvalue weighted by atomic mass is 16.4. The highest BCUT2D eigenvalue weighted by molar-refractivity contribution is 5.73. The summed E-state index contributed by atoms with van der Waals surface area (Å²) in [6, 6.07) is -0.903. The van der Waals surface area contributed by atoms with Crippen molar-refractivity contribution in [1.29, 1.82) is 0 Å². The molecule has 0 amide bonds. The van der Waals surface area contributed by atoms with Gasteiger partial charge in [0.2, 0.25) is 0 Å². The first kappa shape index (κ1) is 10.4. The summed E-state index contributed by atoms with van der Waals surface area (Å²) in [6.07, 6.45) is 0. The Morgan fingerprint density at radius 2 is 2.12 bits per heavy atom. The van der Waals surface area contributed by atoms with Crippen LogP contribution in [0, 0.1) is 0 Å². The monoisotopic (exact) mass is 120 g/mol. The molecule has 0 saturated heterocycles. The third kappa shape index (κ3) is 3.58. The van der Waals surface area contributed by atoms with E-state index in [2.05, 4.69) is 0 Å². The lowest BCUT2D eigenvalue weighted by molar-refractivity contribution is -0.138. The van der Waals surface area contributed by atoms with Gasteiger partial charge in [0.05, 0.1) is 0 Å². The maximum Gasteiger partial charge on any atom is 0.321 e. The number of carbonyl (C=O) groups is 1. The standard InChI is InChI=1S/C3H8N2O2.CH4/c4-1-2(5)3(6)7;/h2H,1,4-5H2,(H,6,7);1H4. The first-order chi connectivity index (χ1) is 3.18. The zero-order valence-corrected chi connectivity index (χ0v) is 3.79. The quantitative estimate of drug-likeness (QED) is 0.435. The van der Waals surface area contributed by atoms with Crippen molar-refractivity contribution in [3.05, 3.63) is 0 Å². The van der Waals surface area contributed by atoms with E-state index < -0.39 is 12.0 Å². The van der Waals surface area contributed by atoms with Gasteiger partial charge in [-0.05, 0) is 0 Å². The molecular formula is C4H12N2O2. The molecule has 4 heteroatoms. The van der Waals surface area contributed by atoms with Gasteiger partial charge >= 0.3 is 5.97 Å². The van der Waals surface area contributed by atoms with Crippen LogP contribution in [0.2, 0.25) is 0 Å². The largest absolute Gasteiger partial charge is 0.480 e. The summed E-state index contributed by atoms with van der Waals surface area (Å²) in [6.45, 7) is -0.00463. The molecule has 8 heavy (non-hydrogen) atoms. The second kappa shape index (κ2) is 4.55. The lowest BCUT2D eigenvalue weighted by atomic mass is 10.3. The minimum atomic E-state index is -1.05. The van der Waals surface area contributed by atoms with E-state index in [4.69, 9.17) is 16.6 Å². The number of carboxylic acid groups (broad SMARTS) is 1. The van der Waals surface area contributed by atoms with E-state index >= 15 is 0 Å². The van der Waals surface area contributed by atoms with E-state index in [0.29, 0.717) is 0 Å². The van der Waals surface area contributed by atoms with Crippen molar-refractivity contribution in [3.63, 3.8) is 0 Å². The molecule has 1 unspecified atom stereocenters. The van der Waals surface area contributed by atoms with Crippen LogP contribution in [0.5, 0.6) is 0 Å². The van der Waals surface area contributed by atoms with Crippen molar-refractivity contribution in [2.75, 3.05) is 6.54 Å². The lowest BCUT2D eigenvalue weighted by Gasteiger charge is -1.97. The second-order valence-corrected chi connectivity index (χ2v) is 1.18. The van der Waals surface area contributed by atoms with Crippen molar-refractivity contribution in [3.8, 4) is 0 Å². The molecule has 50 valence electrons. The second-order valence-electron chi connectivity index (χ2n) is 1.18. The van der Waals surface area contributed by atoms with E-state index in [9.17, 15) is 4.79 Å². The summed E-state index contributed by atoms with van der Waals surface area (Å²) in [5.41, 5.74) is 9.76. The number of rotatable bonds is 2. The summed E-state index contributed by atoms with van der Waals surface area (Å²) in [5.74, 6) is -1.05. The molecule has 0 heterocycles. The van der Waals surface area contributed by atoms with Crippen molar-refractivity contribution < 1.29 is 9.90 Å². The van der Waals surface area contributed by atoms with Gasteiger partial charge in [0.15, 0.2) is 0 Å². The van der Waals surface area contributed by atoms with E-state index in [-0.39, 0.29) is 14.0 Å². The molecule has 0 spiro atoms. The minimum Gasteiger partial charge on any atom is -0.480 e. The number of hydrogen-bond donors (Lipinski definition) is 3. The topological polar surface area (TPSA) is 89.3 Å². The van der Waals surface area contributed by atoms with Gasteiger partial charge in [-0.1, -0.05) is 7.43 Å². The van der Waals surface area contributed by atoms with Crippen LogP contribution in [0.4, 0.5) is 0 Å². The minimum absolute atomic E-state index is 0. The molecular weight excluding hydrogens is 108 g/mol. The first-order valence-corrected chi connectivity index (χ1v) is 1.87. The van der Waals surface area contributed by atoms with Crippen molar-refractivity contribution in [2.45, 2.75) is 13.5 Å². The Kier molecular flexibility index (Phi) is 5.90. The average Bonchev–Trinajstić information content (AvgIpc) is 1.65. The SMILES string of the molecule is C.NCC(N)C(=O)O. The van der Waals surface area contributed by atoms with Crippen molar-refractivity contribution >= 4 is 5.97 Å². The number of nitrogens with two attached hydrogens (primary N) is 2. The van der Waals surface area contributed by atoms with Gasteiger partial charge in [0.1, 0.15) is 6.04 Å². The number of carboxylic acids is 1. The molecule has 0 fully saturated rings. The molecule has 0 saturated carbocycles. The normalized spacial score (nSPS) is 11.8. The summed E-state index contributed by atoms with van der Waals surface area (Å²) in [4.78, 5) is 9.73. The van der Waals surface area contributed by atoms with E-state index in [1.165, 1.54) is 0 Å². The fraction of sp³-hybridized carbons (Fsp3) is 0.750. The molecule has 0 aromatic heterocycles. The fourth-order valence-electron chi connectivity index (χ4n) is 0.101. The predicted molar refractivity (Wildman–Crippen MR) is 31.4 cm³/mol. The van der Waals surface area contributed by atoms with E-state index in [1.807, 2.05) is 0 Å². The van der Waals surface area contributed by atoms with Gasteiger partial charge in [-0.15, -0.1) is 0 Å². The third-order valence-corrected chi connectivity index (χ3v) is 0.571. The Balaban J connectivity index is 0. The van der Waals surface area contributed by atoms with Gasteiger partial charge in [-0.25, -0.2) is 0 Å². The zero-order valence-electron chi connectivity index (χ0n) is 3.79. The van der Waals surface area contributed by atoms with Crippen LogP contribution in [0.25, 0.3) is 0 Å². The summed E-state index contributed by atoms with van der Waals surface area (Å²) >= 11 is 0. The van der Waals surface area contributed by atoms with Gasteiger partial charge in [0.25, 0.3) is 0 Å². The molecule has 5 N–H and O–H groups in total. The molecule has 0 aromatic carbocycles. The van der Waals surface area contributed by atoms with E-state index in [0.717, 1.165) is 0 Å². The molecule has 0 bridgehead atoms. The van der Waals surface area contributed by atoms with Crippen LogP contribution >= 0.6 is 0 Å². The number of hydrogen-bond acceptors (Lipinski definition) is 3. The lowest BCUT2D eigenvalue weighted by Crippen LogP contribution is -2.37. The van der Waals surface area contributed by atoms with E-state index in [1.54, 1.807) is 0 Å². The summed E-state index contributed by atoms with van der Waals surface area (Å²) < 4.78 is 0. The van der Waals surface area contributed by atoms with Crippen molar-refractivity contribution in [1.82, 2.24) is 0 Å². The third-order valence-electron chi connectivity index (χ3n) is 0.571.